The van der Waals surface area contributed by atoms with Crippen LogP contribution in [0.5, 0.6) is 0 Å². The van der Waals surface area contributed by atoms with E-state index in [2.05, 4.69) is 0 Å². The van der Waals surface area contributed by atoms with Crippen molar-refractivity contribution in [3.8, 4) is 0 Å². The molecule has 3 N–H and O–H groups in total. The van der Waals surface area contributed by atoms with Gasteiger partial charge < -0.3 is 14.7 Å². The number of hydrogen-bond acceptors (Lipinski definition) is 1. The first-order valence-corrected chi connectivity index (χ1v) is 2.35. The molecule has 0 spiro atoms. The summed E-state index contributed by atoms with van der Waals surface area (Å²) < 4.78 is 8.88. The molecule has 38 valence electrons. The van der Waals surface area contributed by atoms with Gasteiger partial charge in [0, 0.05) is 0 Å². The molecule has 4 nitrogen and oxygen atoms in total. The van der Waals surface area contributed by atoms with Crippen molar-refractivity contribution in [3.63, 3.8) is 0 Å². The molecule has 0 heterocycles. The summed E-state index contributed by atoms with van der Waals surface area (Å²) in [6.45, 7) is 0. The fourth-order valence-electron chi connectivity index (χ4n) is 0. The van der Waals surface area contributed by atoms with Gasteiger partial charge in [-0.05, 0) is 0 Å². The van der Waals surface area contributed by atoms with Gasteiger partial charge in [0.25, 0.3) is 0 Å². The molecule has 0 aromatic heterocycles. The van der Waals surface area contributed by atoms with E-state index in [9.17, 15) is 0 Å². The van der Waals surface area contributed by atoms with Crippen LogP contribution in [-0.4, -0.2) is 82.0 Å². The van der Waals surface area contributed by atoms with Crippen molar-refractivity contribution in [2.45, 2.75) is 0 Å². The van der Waals surface area contributed by atoms with E-state index in [-0.39, 0.29) is 67.3 Å². The van der Waals surface area contributed by atoms with Crippen LogP contribution in [0.1, 0.15) is 0 Å². The fraction of sp³-hybridized carbons (Fsp3) is 0. The predicted octanol–water partition coefficient (Wildman–Crippen LogP) is -2.87. The molecule has 0 fully saturated rings. The van der Waals surface area contributed by atoms with Crippen LogP contribution < -0.4 is 0 Å². The third-order valence-electron chi connectivity index (χ3n) is 0. The van der Waals surface area contributed by atoms with E-state index in [1.54, 1.807) is 0 Å². The monoisotopic (exact) mass is 138 g/mol. The van der Waals surface area contributed by atoms with E-state index in [1.807, 2.05) is 0 Å². The molecule has 0 rings (SSSR count). The molecular weight excluding hydrogens is 132 g/mol. The van der Waals surface area contributed by atoms with Gasteiger partial charge in [0.15, 0.2) is 0 Å². The topological polar surface area (TPSA) is 77.8 Å². The van der Waals surface area contributed by atoms with E-state index in [0.717, 1.165) is 0 Å². The first-order valence-electron chi connectivity index (χ1n) is 0.783. The molecule has 0 aromatic carbocycles. The first-order chi connectivity index (χ1) is 2.00. The summed E-state index contributed by atoms with van der Waals surface area (Å²) >= 11 is 0. The van der Waals surface area contributed by atoms with Crippen LogP contribution in [0.15, 0.2) is 0 Å². The molecule has 0 unspecified atom stereocenters. The summed E-state index contributed by atoms with van der Waals surface area (Å²) in [7, 11) is -4.64. The molecule has 0 atom stereocenters. The summed E-state index contributed by atoms with van der Waals surface area (Å²) in [4.78, 5) is 21.6. The minimum atomic E-state index is -4.64. The van der Waals surface area contributed by atoms with Gasteiger partial charge in [0.05, 0.1) is 0 Å². The van der Waals surface area contributed by atoms with Crippen molar-refractivity contribution in [1.82, 2.24) is 0 Å². The zero-order valence-corrected chi connectivity index (χ0v) is 3.09. The minimum absolute atomic E-state index is 0. The Balaban J connectivity index is -0.0000000267. The number of hydrogen-bond donors (Lipinski definition) is 3. The molecule has 0 radical (unpaired) electrons. The van der Waals surface area contributed by atoms with Crippen molar-refractivity contribution in [2.24, 2.45) is 0 Å². The van der Waals surface area contributed by atoms with Crippen LogP contribution in [0.2, 0.25) is 0 Å². The Morgan fingerprint density at radius 1 is 1.00 bits per heavy atom. The van der Waals surface area contributed by atoms with Crippen LogP contribution in [0, 0.1) is 0 Å². The molecule has 8 heteroatoms. The van der Waals surface area contributed by atoms with Crippen molar-refractivity contribution in [1.29, 1.82) is 0 Å². The fourth-order valence-corrected chi connectivity index (χ4v) is 0. The summed E-state index contributed by atoms with van der Waals surface area (Å²) in [6, 6.07) is 0. The third-order valence-corrected chi connectivity index (χ3v) is 0. The van der Waals surface area contributed by atoms with Crippen molar-refractivity contribution in [3.05, 3.63) is 0 Å². The quantitative estimate of drug-likeness (QED) is 0.248. The molecule has 0 aliphatic rings. The first kappa shape index (κ1) is 22.4. The van der Waals surface area contributed by atoms with Crippen molar-refractivity contribution < 1.29 is 19.2 Å². The van der Waals surface area contributed by atoms with E-state index < -0.39 is 7.82 Å². The molecule has 0 saturated carbocycles. The molecule has 0 aliphatic heterocycles. The molecule has 0 amide bonds. The normalized spacial score (nSPS) is 7.38. The summed E-state index contributed by atoms with van der Waals surface area (Å²) in [5.41, 5.74) is 0. The van der Waals surface area contributed by atoms with Crippen LogP contribution in [-0.2, 0) is 4.57 Å². The Labute approximate surface area is 93.3 Å². The van der Waals surface area contributed by atoms with E-state index in [4.69, 9.17) is 19.2 Å². The Hall–Kier alpha value is 2.30. The Kier molecular flexibility index (Phi) is 26.1. The SMILES string of the molecule is O=P(O)(O)O.[LiH].[LiH].[NaH]. The summed E-state index contributed by atoms with van der Waals surface area (Å²) in [6.07, 6.45) is 0. The standard InChI is InChI=1S/2Li.Na.H3O4P.3H/c;;;1-5(2,3)4;;;/h;;;(H3,1,2,3,4);;;. The zero-order valence-electron chi connectivity index (χ0n) is 2.20. The number of rotatable bonds is 0. The number of phosphoric acid groups is 1. The average molecular weight is 138 g/mol. The third kappa shape index (κ3) is 83.4. The summed E-state index contributed by atoms with van der Waals surface area (Å²) in [5.74, 6) is 0. The second-order valence-corrected chi connectivity index (χ2v) is 1.54. The Morgan fingerprint density at radius 2 is 1.00 bits per heavy atom. The van der Waals surface area contributed by atoms with Gasteiger partial charge in [-0.1, -0.05) is 0 Å². The second-order valence-electron chi connectivity index (χ2n) is 0.513. The molecule has 0 aromatic rings. The Morgan fingerprint density at radius 3 is 1.00 bits per heavy atom. The van der Waals surface area contributed by atoms with Crippen LogP contribution in [0.3, 0.4) is 0 Å². The molecular formula is H6Li2NaO4P. The van der Waals surface area contributed by atoms with Gasteiger partial charge in [-0.2, -0.15) is 0 Å². The second kappa shape index (κ2) is 9.30. The molecule has 8 heavy (non-hydrogen) atoms. The van der Waals surface area contributed by atoms with Crippen LogP contribution in [0.4, 0.5) is 0 Å². The van der Waals surface area contributed by atoms with Gasteiger partial charge in [-0.25, -0.2) is 4.57 Å². The van der Waals surface area contributed by atoms with Crippen LogP contribution >= 0.6 is 7.82 Å². The van der Waals surface area contributed by atoms with Crippen molar-refractivity contribution in [2.75, 3.05) is 0 Å². The van der Waals surface area contributed by atoms with Crippen LogP contribution in [0.25, 0.3) is 0 Å². The van der Waals surface area contributed by atoms with Gasteiger partial charge in [0.2, 0.25) is 0 Å². The van der Waals surface area contributed by atoms with Crippen molar-refractivity contribution >= 4 is 75.1 Å². The maximum absolute atomic E-state index is 8.88. The molecule has 0 saturated heterocycles. The zero-order chi connectivity index (χ0) is 4.50. The van der Waals surface area contributed by atoms with E-state index >= 15 is 0 Å². The van der Waals surface area contributed by atoms with Gasteiger partial charge in [-0.15, -0.1) is 0 Å². The van der Waals surface area contributed by atoms with E-state index in [0.29, 0.717) is 0 Å². The van der Waals surface area contributed by atoms with Gasteiger partial charge >= 0.3 is 75.1 Å². The predicted molar refractivity (Wildman–Crippen MR) is 35.7 cm³/mol. The van der Waals surface area contributed by atoms with Gasteiger partial charge in [0.1, 0.15) is 0 Å². The van der Waals surface area contributed by atoms with E-state index in [1.165, 1.54) is 0 Å². The molecule has 0 bridgehead atoms. The summed E-state index contributed by atoms with van der Waals surface area (Å²) in [5, 5.41) is 0. The van der Waals surface area contributed by atoms with Gasteiger partial charge in [-0.3, -0.25) is 0 Å². The molecule has 0 aliphatic carbocycles. The maximum atomic E-state index is 8.88. The average Bonchev–Trinajstić information content (AvgIpc) is 0.722. The Bertz CT molecular complexity index is 60.2.